The van der Waals surface area contributed by atoms with Crippen LogP contribution < -0.4 is 4.74 Å². The van der Waals surface area contributed by atoms with Gasteiger partial charge < -0.3 is 9.64 Å². The first-order chi connectivity index (χ1) is 8.01. The second-order valence-corrected chi connectivity index (χ2v) is 3.94. The Kier molecular flexibility index (Phi) is 4.26. The van der Waals surface area contributed by atoms with Crippen molar-refractivity contribution in [1.29, 1.82) is 0 Å². The second-order valence-electron chi connectivity index (χ2n) is 3.94. The molecule has 92 valence electrons. The lowest BCUT2D eigenvalue weighted by molar-refractivity contribution is -0.125. The van der Waals surface area contributed by atoms with Crippen molar-refractivity contribution in [3.05, 3.63) is 35.7 Å². The highest BCUT2D eigenvalue weighted by atomic mass is 16.5. The Hall–Kier alpha value is -1.84. The monoisotopic (exact) mass is 234 g/mol. The summed E-state index contributed by atoms with van der Waals surface area (Å²) in [7, 11) is 3.36. The fourth-order valence-corrected chi connectivity index (χ4v) is 1.69. The minimum absolute atomic E-state index is 0.120. The molecule has 1 aromatic rings. The van der Waals surface area contributed by atoms with Crippen molar-refractivity contribution in [3.8, 4) is 5.75 Å². The van der Waals surface area contributed by atoms with E-state index in [4.69, 9.17) is 4.74 Å². The Morgan fingerprint density at radius 1 is 1.59 bits per heavy atom. The lowest BCUT2D eigenvalue weighted by atomic mass is 10.1. The van der Waals surface area contributed by atoms with Crippen LogP contribution in [0, 0.1) is 13.8 Å². The van der Waals surface area contributed by atoms with Crippen molar-refractivity contribution in [2.75, 3.05) is 14.2 Å². The number of carbonyl (C=O) groups excluding carboxylic acids is 1. The molecule has 0 bridgehead atoms. The molecule has 17 heavy (non-hydrogen) atoms. The van der Waals surface area contributed by atoms with Crippen molar-refractivity contribution < 1.29 is 9.53 Å². The number of amides is 1. The predicted octanol–water partition coefficient (Wildman–Crippen LogP) is 1.85. The average molecular weight is 234 g/mol. The van der Waals surface area contributed by atoms with E-state index in [1.54, 1.807) is 25.3 Å². The molecule has 0 saturated carbocycles. The molecule has 0 aliphatic carbocycles. The van der Waals surface area contributed by atoms with E-state index in [0.29, 0.717) is 6.54 Å². The van der Waals surface area contributed by atoms with Gasteiger partial charge in [0.1, 0.15) is 5.75 Å². The molecule has 1 rings (SSSR count). The average Bonchev–Trinajstić information content (AvgIpc) is 2.32. The third-order valence-corrected chi connectivity index (χ3v) is 2.69. The molecule has 0 atom stereocenters. The maximum absolute atomic E-state index is 11.4. The van der Waals surface area contributed by atoms with Crippen molar-refractivity contribution in [2.24, 2.45) is 0 Å². The van der Waals surface area contributed by atoms with Gasteiger partial charge in [-0.15, -0.1) is 0 Å². The molecule has 1 aromatic heterocycles. The number of rotatable bonds is 4. The quantitative estimate of drug-likeness (QED) is 0.747. The highest BCUT2D eigenvalue weighted by Crippen LogP contribution is 2.24. The largest absolute Gasteiger partial charge is 0.496 e. The summed E-state index contributed by atoms with van der Waals surface area (Å²) in [6.07, 6.45) is 3.05. The van der Waals surface area contributed by atoms with Crippen LogP contribution in [0.1, 0.15) is 16.8 Å². The van der Waals surface area contributed by atoms with Gasteiger partial charge in [0.05, 0.1) is 19.3 Å². The molecule has 4 nitrogen and oxygen atoms in total. The molecule has 0 spiro atoms. The van der Waals surface area contributed by atoms with Gasteiger partial charge >= 0.3 is 0 Å². The topological polar surface area (TPSA) is 42.4 Å². The molecular formula is C13H18N2O2. The van der Waals surface area contributed by atoms with E-state index in [2.05, 4.69) is 11.6 Å². The smallest absolute Gasteiger partial charge is 0.246 e. The van der Waals surface area contributed by atoms with Gasteiger partial charge in [0.2, 0.25) is 5.91 Å². The van der Waals surface area contributed by atoms with Crippen molar-refractivity contribution in [1.82, 2.24) is 9.88 Å². The van der Waals surface area contributed by atoms with Crippen molar-refractivity contribution >= 4 is 5.91 Å². The van der Waals surface area contributed by atoms with Crippen LogP contribution in [0.2, 0.25) is 0 Å². The van der Waals surface area contributed by atoms with Gasteiger partial charge in [0, 0.05) is 24.4 Å². The summed E-state index contributed by atoms with van der Waals surface area (Å²) in [4.78, 5) is 17.3. The van der Waals surface area contributed by atoms with Gasteiger partial charge in [-0.25, -0.2) is 0 Å². The number of methoxy groups -OCH3 is 1. The minimum Gasteiger partial charge on any atom is -0.496 e. The van der Waals surface area contributed by atoms with E-state index in [1.165, 1.54) is 6.08 Å². The first-order valence-corrected chi connectivity index (χ1v) is 5.37. The molecule has 4 heteroatoms. The number of aromatic nitrogens is 1. The SMILES string of the molecule is C=CC(=O)N(C)Cc1ncc(C)c(OC)c1C. The van der Waals surface area contributed by atoms with Gasteiger partial charge in [0.25, 0.3) is 0 Å². The Balaban J connectivity index is 3.00. The molecule has 0 aromatic carbocycles. The highest BCUT2D eigenvalue weighted by molar-refractivity contribution is 5.86. The van der Waals surface area contributed by atoms with Crippen LogP contribution in [0.4, 0.5) is 0 Å². The van der Waals surface area contributed by atoms with E-state index in [0.717, 1.165) is 22.6 Å². The first-order valence-electron chi connectivity index (χ1n) is 5.37. The Morgan fingerprint density at radius 3 is 2.76 bits per heavy atom. The number of pyridine rings is 1. The molecule has 0 radical (unpaired) electrons. The molecule has 0 fully saturated rings. The number of likely N-dealkylation sites (N-methyl/N-ethyl adjacent to an activating group) is 1. The van der Waals surface area contributed by atoms with Gasteiger partial charge in [0.15, 0.2) is 0 Å². The first kappa shape index (κ1) is 13.2. The van der Waals surface area contributed by atoms with E-state index in [1.807, 2.05) is 13.8 Å². The molecular weight excluding hydrogens is 216 g/mol. The number of ether oxygens (including phenoxy) is 1. The summed E-state index contributed by atoms with van der Waals surface area (Å²) in [5.41, 5.74) is 2.80. The Morgan fingerprint density at radius 2 is 2.24 bits per heavy atom. The standard InChI is InChI=1S/C13H18N2O2/c1-6-12(16)15(4)8-11-10(3)13(17-5)9(2)7-14-11/h6-7H,1,8H2,2-5H3. The van der Waals surface area contributed by atoms with E-state index in [-0.39, 0.29) is 5.91 Å². The Bertz CT molecular complexity index is 441. The lowest BCUT2D eigenvalue weighted by Gasteiger charge is -2.17. The second kappa shape index (κ2) is 5.48. The number of hydrogen-bond acceptors (Lipinski definition) is 3. The number of aryl methyl sites for hydroxylation is 1. The van der Waals surface area contributed by atoms with E-state index < -0.39 is 0 Å². The molecule has 0 unspecified atom stereocenters. The molecule has 0 N–H and O–H groups in total. The van der Waals surface area contributed by atoms with Crippen molar-refractivity contribution in [3.63, 3.8) is 0 Å². The van der Waals surface area contributed by atoms with Crippen LogP contribution in [-0.2, 0) is 11.3 Å². The maximum Gasteiger partial charge on any atom is 0.246 e. The molecule has 1 heterocycles. The summed E-state index contributed by atoms with van der Waals surface area (Å²) in [5, 5.41) is 0. The van der Waals surface area contributed by atoms with E-state index in [9.17, 15) is 4.79 Å². The normalized spacial score (nSPS) is 9.88. The molecule has 0 aliphatic heterocycles. The fourth-order valence-electron chi connectivity index (χ4n) is 1.69. The molecule has 0 saturated heterocycles. The zero-order chi connectivity index (χ0) is 13.0. The summed E-state index contributed by atoms with van der Waals surface area (Å²) in [5.74, 6) is 0.709. The summed E-state index contributed by atoms with van der Waals surface area (Å²) in [6.45, 7) is 7.80. The third-order valence-electron chi connectivity index (χ3n) is 2.69. The molecule has 1 amide bonds. The van der Waals surface area contributed by atoms with Gasteiger partial charge in [-0.2, -0.15) is 0 Å². The lowest BCUT2D eigenvalue weighted by Crippen LogP contribution is -2.25. The van der Waals surface area contributed by atoms with Gasteiger partial charge in [-0.05, 0) is 19.9 Å². The van der Waals surface area contributed by atoms with Crippen LogP contribution >= 0.6 is 0 Å². The van der Waals surface area contributed by atoms with Crippen molar-refractivity contribution in [2.45, 2.75) is 20.4 Å². The zero-order valence-corrected chi connectivity index (χ0v) is 10.8. The van der Waals surface area contributed by atoms with Crippen LogP contribution in [-0.4, -0.2) is 29.9 Å². The summed E-state index contributed by atoms with van der Waals surface area (Å²) in [6, 6.07) is 0. The van der Waals surface area contributed by atoms with Crippen LogP contribution in [0.3, 0.4) is 0 Å². The fraction of sp³-hybridized carbons (Fsp3) is 0.385. The predicted molar refractivity (Wildman–Crippen MR) is 66.9 cm³/mol. The maximum atomic E-state index is 11.4. The number of carbonyl (C=O) groups is 1. The van der Waals surface area contributed by atoms with Crippen LogP contribution in [0.15, 0.2) is 18.9 Å². The van der Waals surface area contributed by atoms with E-state index >= 15 is 0 Å². The number of nitrogens with zero attached hydrogens (tertiary/aromatic N) is 2. The highest BCUT2D eigenvalue weighted by Gasteiger charge is 2.12. The van der Waals surface area contributed by atoms with Crippen LogP contribution in [0.25, 0.3) is 0 Å². The summed E-state index contributed by atoms with van der Waals surface area (Å²) < 4.78 is 5.32. The zero-order valence-electron chi connectivity index (χ0n) is 10.8. The van der Waals surface area contributed by atoms with Gasteiger partial charge in [-0.3, -0.25) is 9.78 Å². The minimum atomic E-state index is -0.120. The van der Waals surface area contributed by atoms with Gasteiger partial charge in [-0.1, -0.05) is 6.58 Å². The number of hydrogen-bond donors (Lipinski definition) is 0. The van der Waals surface area contributed by atoms with Crippen LogP contribution in [0.5, 0.6) is 5.75 Å². The summed E-state index contributed by atoms with van der Waals surface area (Å²) >= 11 is 0. The third kappa shape index (κ3) is 2.84. The Labute approximate surface area is 102 Å². The molecule has 0 aliphatic rings.